The lowest BCUT2D eigenvalue weighted by Crippen LogP contribution is -2.47. The Kier molecular flexibility index (Phi) is 8.23. The second-order valence-corrected chi connectivity index (χ2v) is 12.9. The SMILES string of the molecule is C/C(=C\c1cc(Br)ccc1O)CC[C@H]1OB(O)C[C@H]2C1=C(C(C)C)C[C@H]1C(=O)N(C3CCCCC3)C(=O)[C@H]12. The van der Waals surface area contributed by atoms with Crippen molar-refractivity contribution in [2.45, 2.75) is 90.6 Å². The largest absolute Gasteiger partial charge is 0.507 e. The number of phenolic OH excluding ortho intramolecular Hbond substituents is 1. The Morgan fingerprint density at radius 2 is 1.92 bits per heavy atom. The molecule has 38 heavy (non-hydrogen) atoms. The second-order valence-electron chi connectivity index (χ2n) is 12.0. The van der Waals surface area contributed by atoms with Crippen LogP contribution in [0.3, 0.4) is 0 Å². The number of carbonyl (C=O) groups is 2. The standard InChI is InChI=1S/C30H39BBrNO5/c1-17(2)22-15-23-28(30(36)33(29(23)35)21-7-5-4-6-8-21)24-16-31(37)38-26(27(22)24)12-9-18(3)13-19-14-20(32)10-11-25(19)34/h10-11,13-14,17,21,23-24,26,28,34,37H,4-9,12,15-16H2,1-3H3/b18-13+/t23-,24+,26-,28-/m1/s1. The van der Waals surface area contributed by atoms with Crippen molar-refractivity contribution in [2.24, 2.45) is 23.7 Å². The lowest BCUT2D eigenvalue weighted by atomic mass is 9.57. The molecule has 0 unspecified atom stereocenters. The van der Waals surface area contributed by atoms with Crippen LogP contribution in [0.15, 0.2) is 39.4 Å². The number of hydrogen-bond donors (Lipinski definition) is 2. The Morgan fingerprint density at radius 3 is 2.63 bits per heavy atom. The van der Waals surface area contributed by atoms with Gasteiger partial charge in [0.1, 0.15) is 5.75 Å². The molecule has 0 radical (unpaired) electrons. The number of rotatable bonds is 6. The zero-order valence-corrected chi connectivity index (χ0v) is 24.2. The zero-order valence-electron chi connectivity index (χ0n) is 22.7. The molecule has 4 atom stereocenters. The number of halogens is 1. The van der Waals surface area contributed by atoms with Crippen molar-refractivity contribution in [3.05, 3.63) is 45.0 Å². The van der Waals surface area contributed by atoms with E-state index in [2.05, 4.69) is 29.8 Å². The lowest BCUT2D eigenvalue weighted by Gasteiger charge is -2.44. The molecular weight excluding hydrogens is 545 g/mol. The van der Waals surface area contributed by atoms with Crippen molar-refractivity contribution in [3.8, 4) is 5.75 Å². The Balaban J connectivity index is 1.41. The van der Waals surface area contributed by atoms with Gasteiger partial charge in [-0.3, -0.25) is 14.5 Å². The van der Waals surface area contributed by atoms with Crippen molar-refractivity contribution >= 4 is 40.9 Å². The van der Waals surface area contributed by atoms with Gasteiger partial charge in [0.15, 0.2) is 0 Å². The van der Waals surface area contributed by atoms with Crippen LogP contribution in [-0.2, 0) is 14.2 Å². The molecule has 4 aliphatic rings. The zero-order chi connectivity index (χ0) is 27.1. The summed E-state index contributed by atoms with van der Waals surface area (Å²) in [4.78, 5) is 29.1. The van der Waals surface area contributed by atoms with Crippen LogP contribution in [0.4, 0.5) is 0 Å². The first-order chi connectivity index (χ1) is 18.2. The molecule has 204 valence electrons. The summed E-state index contributed by atoms with van der Waals surface area (Å²) in [6.07, 6.45) is 9.17. The molecule has 2 heterocycles. The molecule has 2 aliphatic heterocycles. The number of imide groups is 1. The van der Waals surface area contributed by atoms with Crippen LogP contribution in [0.2, 0.25) is 6.32 Å². The topological polar surface area (TPSA) is 87.1 Å². The molecule has 1 saturated carbocycles. The van der Waals surface area contributed by atoms with E-state index in [9.17, 15) is 19.7 Å². The first kappa shape index (κ1) is 27.7. The average Bonchev–Trinajstić information content (AvgIpc) is 3.14. The molecule has 1 aromatic rings. The molecule has 8 heteroatoms. The number of nitrogens with zero attached hydrogens (tertiary/aromatic N) is 1. The highest BCUT2D eigenvalue weighted by molar-refractivity contribution is 9.10. The predicted octanol–water partition coefficient (Wildman–Crippen LogP) is 6.12. The lowest BCUT2D eigenvalue weighted by molar-refractivity contribution is -0.143. The number of likely N-dealkylation sites (tertiary alicyclic amines) is 1. The Hall–Kier alpha value is -1.90. The van der Waals surface area contributed by atoms with Gasteiger partial charge in [-0.15, -0.1) is 0 Å². The Morgan fingerprint density at radius 1 is 1.18 bits per heavy atom. The van der Waals surface area contributed by atoms with Gasteiger partial charge in [-0.25, -0.2) is 0 Å². The van der Waals surface area contributed by atoms with E-state index in [1.54, 1.807) is 17.0 Å². The highest BCUT2D eigenvalue weighted by Crippen LogP contribution is 2.52. The number of fused-ring (bicyclic) bond motifs is 3. The van der Waals surface area contributed by atoms with E-state index in [1.165, 1.54) is 12.0 Å². The predicted molar refractivity (Wildman–Crippen MR) is 152 cm³/mol. The van der Waals surface area contributed by atoms with E-state index >= 15 is 0 Å². The maximum Gasteiger partial charge on any atom is 0.455 e. The third-order valence-corrected chi connectivity index (χ3v) is 9.60. The van der Waals surface area contributed by atoms with Crippen molar-refractivity contribution in [1.82, 2.24) is 4.90 Å². The monoisotopic (exact) mass is 583 g/mol. The molecule has 2 amide bonds. The van der Waals surface area contributed by atoms with Crippen LogP contribution >= 0.6 is 15.9 Å². The minimum absolute atomic E-state index is 0.00855. The van der Waals surface area contributed by atoms with Crippen LogP contribution < -0.4 is 0 Å². The van der Waals surface area contributed by atoms with Crippen LogP contribution in [0.1, 0.15) is 77.7 Å². The second kappa shape index (κ2) is 11.3. The van der Waals surface area contributed by atoms with E-state index in [-0.39, 0.29) is 47.5 Å². The molecule has 2 aliphatic carbocycles. The van der Waals surface area contributed by atoms with E-state index < -0.39 is 13.0 Å². The molecule has 0 bridgehead atoms. The van der Waals surface area contributed by atoms with Gasteiger partial charge in [-0.1, -0.05) is 66.3 Å². The smallest absolute Gasteiger partial charge is 0.455 e. The molecule has 2 saturated heterocycles. The van der Waals surface area contributed by atoms with Crippen LogP contribution in [0, 0.1) is 23.7 Å². The normalized spacial score (nSPS) is 28.8. The van der Waals surface area contributed by atoms with Gasteiger partial charge in [-0.05, 0) is 81.0 Å². The maximum absolute atomic E-state index is 13.8. The molecule has 6 nitrogen and oxygen atoms in total. The van der Waals surface area contributed by atoms with E-state index in [0.717, 1.165) is 53.3 Å². The minimum atomic E-state index is -0.953. The summed E-state index contributed by atoms with van der Waals surface area (Å²) < 4.78 is 7.04. The van der Waals surface area contributed by atoms with Gasteiger partial charge in [-0.2, -0.15) is 0 Å². The fourth-order valence-electron chi connectivity index (χ4n) is 7.31. The summed E-state index contributed by atoms with van der Waals surface area (Å²) >= 11 is 3.46. The van der Waals surface area contributed by atoms with Crippen molar-refractivity contribution in [2.75, 3.05) is 0 Å². The molecule has 5 rings (SSSR count). The van der Waals surface area contributed by atoms with Crippen molar-refractivity contribution < 1.29 is 24.4 Å². The molecule has 0 spiro atoms. The summed E-state index contributed by atoms with van der Waals surface area (Å²) in [5, 5.41) is 21.0. The van der Waals surface area contributed by atoms with Crippen LogP contribution in [0.5, 0.6) is 5.75 Å². The van der Waals surface area contributed by atoms with Gasteiger partial charge in [0.05, 0.1) is 17.9 Å². The quantitative estimate of drug-likeness (QED) is 0.239. The number of hydrogen-bond acceptors (Lipinski definition) is 5. The van der Waals surface area contributed by atoms with Crippen LogP contribution in [-0.4, -0.2) is 46.1 Å². The van der Waals surface area contributed by atoms with Crippen molar-refractivity contribution in [3.63, 3.8) is 0 Å². The Labute approximate surface area is 234 Å². The summed E-state index contributed by atoms with van der Waals surface area (Å²) in [5.41, 5.74) is 4.22. The van der Waals surface area contributed by atoms with Gasteiger partial charge >= 0.3 is 7.12 Å². The molecule has 0 aromatic heterocycles. The fourth-order valence-corrected chi connectivity index (χ4v) is 7.69. The number of carbonyl (C=O) groups excluding carboxylic acids is 2. The third kappa shape index (κ3) is 5.28. The highest BCUT2D eigenvalue weighted by atomic mass is 79.9. The number of amides is 2. The first-order valence-electron chi connectivity index (χ1n) is 14.2. The Bertz CT molecular complexity index is 1160. The summed E-state index contributed by atoms with van der Waals surface area (Å²) in [5.74, 6) is -0.423. The molecule has 1 aromatic carbocycles. The van der Waals surface area contributed by atoms with Gasteiger partial charge in [0, 0.05) is 16.1 Å². The summed E-state index contributed by atoms with van der Waals surface area (Å²) in [6.45, 7) is 6.35. The molecule has 3 fully saturated rings. The number of phenols is 1. The first-order valence-corrected chi connectivity index (χ1v) is 15.0. The van der Waals surface area contributed by atoms with Gasteiger partial charge < -0.3 is 14.8 Å². The molecular formula is C30H39BBrNO5. The molecule has 2 N–H and O–H groups in total. The third-order valence-electron chi connectivity index (χ3n) is 9.11. The minimum Gasteiger partial charge on any atom is -0.507 e. The average molecular weight is 584 g/mol. The summed E-state index contributed by atoms with van der Waals surface area (Å²) in [7, 11) is -0.953. The fraction of sp³-hybridized carbons (Fsp3) is 0.600. The number of allylic oxidation sites excluding steroid dienone is 2. The highest BCUT2D eigenvalue weighted by Gasteiger charge is 2.58. The number of aromatic hydroxyl groups is 1. The van der Waals surface area contributed by atoms with Crippen LogP contribution in [0.25, 0.3) is 6.08 Å². The van der Waals surface area contributed by atoms with E-state index in [1.807, 2.05) is 19.1 Å². The van der Waals surface area contributed by atoms with E-state index in [4.69, 9.17) is 4.65 Å². The van der Waals surface area contributed by atoms with E-state index in [0.29, 0.717) is 19.2 Å². The maximum atomic E-state index is 13.8. The van der Waals surface area contributed by atoms with Gasteiger partial charge in [0.2, 0.25) is 11.8 Å². The summed E-state index contributed by atoms with van der Waals surface area (Å²) in [6, 6.07) is 5.39. The van der Waals surface area contributed by atoms with Gasteiger partial charge in [0.25, 0.3) is 0 Å². The number of benzene rings is 1. The van der Waals surface area contributed by atoms with Crippen molar-refractivity contribution in [1.29, 1.82) is 0 Å².